The Hall–Kier alpha value is -3.05. The average Bonchev–Trinajstić information content (AvgIpc) is 3.05. The second-order valence-electron chi connectivity index (χ2n) is 5.23. The van der Waals surface area contributed by atoms with Crippen LogP contribution in [0.25, 0.3) is 28.2 Å². The second-order valence-corrected chi connectivity index (χ2v) is 5.62. The minimum atomic E-state index is 0.258. The van der Waals surface area contributed by atoms with Crippen molar-refractivity contribution in [2.24, 2.45) is 0 Å². The van der Waals surface area contributed by atoms with Gasteiger partial charge in [0.2, 0.25) is 0 Å². The standard InChI is InChI=1S/C18H11ClN4O/c19-17-9-12(11-24)8-16(21-17)14-10-20-23-7-6-15(22-18(14)23)13-4-2-1-3-5-13/h1-11H. The zero-order chi connectivity index (χ0) is 16.5. The van der Waals surface area contributed by atoms with Crippen LogP contribution in [-0.4, -0.2) is 25.9 Å². The number of carbonyl (C=O) groups excluding carboxylic acids is 1. The number of aldehydes is 1. The number of nitrogens with zero attached hydrogens (tertiary/aromatic N) is 4. The van der Waals surface area contributed by atoms with Crippen LogP contribution in [0, 0.1) is 0 Å². The third-order valence-electron chi connectivity index (χ3n) is 3.67. The second kappa shape index (κ2) is 5.86. The van der Waals surface area contributed by atoms with E-state index in [-0.39, 0.29) is 5.15 Å². The van der Waals surface area contributed by atoms with Gasteiger partial charge in [0, 0.05) is 17.3 Å². The SMILES string of the molecule is O=Cc1cc(Cl)nc(-c2cnn3ccc(-c4ccccc4)nc23)c1. The van der Waals surface area contributed by atoms with Gasteiger partial charge in [-0.1, -0.05) is 41.9 Å². The number of rotatable bonds is 3. The van der Waals surface area contributed by atoms with Gasteiger partial charge in [-0.2, -0.15) is 5.10 Å². The largest absolute Gasteiger partial charge is 0.298 e. The molecule has 0 radical (unpaired) electrons. The highest BCUT2D eigenvalue weighted by atomic mass is 35.5. The van der Waals surface area contributed by atoms with Crippen molar-refractivity contribution in [3.63, 3.8) is 0 Å². The Morgan fingerprint density at radius 2 is 1.83 bits per heavy atom. The average molecular weight is 335 g/mol. The Kier molecular flexibility index (Phi) is 3.55. The van der Waals surface area contributed by atoms with Crippen LogP contribution in [0.4, 0.5) is 0 Å². The zero-order valence-corrected chi connectivity index (χ0v) is 13.2. The molecular weight excluding hydrogens is 324 g/mol. The molecule has 0 bridgehead atoms. The van der Waals surface area contributed by atoms with Gasteiger partial charge in [0.15, 0.2) is 5.65 Å². The van der Waals surface area contributed by atoms with E-state index in [0.717, 1.165) is 23.1 Å². The molecule has 0 aliphatic carbocycles. The topological polar surface area (TPSA) is 60.2 Å². The summed E-state index contributed by atoms with van der Waals surface area (Å²) in [5.74, 6) is 0. The third kappa shape index (κ3) is 2.55. The van der Waals surface area contributed by atoms with Gasteiger partial charge >= 0.3 is 0 Å². The first-order valence-corrected chi connectivity index (χ1v) is 7.65. The molecule has 116 valence electrons. The molecule has 0 saturated heterocycles. The van der Waals surface area contributed by atoms with Crippen LogP contribution >= 0.6 is 11.6 Å². The van der Waals surface area contributed by atoms with Gasteiger partial charge in [-0.25, -0.2) is 14.5 Å². The molecule has 0 spiro atoms. The summed E-state index contributed by atoms with van der Waals surface area (Å²) in [6.07, 6.45) is 4.26. The van der Waals surface area contributed by atoms with E-state index in [1.54, 1.807) is 16.8 Å². The van der Waals surface area contributed by atoms with Crippen molar-refractivity contribution in [3.8, 4) is 22.5 Å². The maximum Gasteiger partial charge on any atom is 0.164 e. The van der Waals surface area contributed by atoms with Gasteiger partial charge < -0.3 is 0 Å². The van der Waals surface area contributed by atoms with E-state index < -0.39 is 0 Å². The molecule has 0 amide bonds. The molecule has 3 aromatic heterocycles. The molecule has 4 aromatic rings. The summed E-state index contributed by atoms with van der Waals surface area (Å²) in [5, 5.41) is 4.56. The van der Waals surface area contributed by atoms with Gasteiger partial charge in [-0.3, -0.25) is 4.79 Å². The number of carbonyl (C=O) groups is 1. The Bertz CT molecular complexity index is 1040. The van der Waals surface area contributed by atoms with Crippen molar-refractivity contribution >= 4 is 23.5 Å². The molecule has 4 rings (SSSR count). The third-order valence-corrected chi connectivity index (χ3v) is 3.86. The fraction of sp³-hybridized carbons (Fsp3) is 0. The van der Waals surface area contributed by atoms with Crippen LogP contribution < -0.4 is 0 Å². The van der Waals surface area contributed by atoms with Gasteiger partial charge in [-0.15, -0.1) is 0 Å². The van der Waals surface area contributed by atoms with E-state index in [9.17, 15) is 4.79 Å². The number of hydrogen-bond donors (Lipinski definition) is 0. The molecule has 1 aromatic carbocycles. The highest BCUT2D eigenvalue weighted by Crippen LogP contribution is 2.26. The predicted octanol–water partition coefficient (Wildman–Crippen LogP) is 3.92. The Balaban J connectivity index is 1.91. The van der Waals surface area contributed by atoms with Crippen LogP contribution in [0.15, 0.2) is 60.9 Å². The normalized spacial score (nSPS) is 10.9. The van der Waals surface area contributed by atoms with E-state index >= 15 is 0 Å². The van der Waals surface area contributed by atoms with Crippen LogP contribution in [0.3, 0.4) is 0 Å². The van der Waals surface area contributed by atoms with Crippen molar-refractivity contribution in [2.75, 3.05) is 0 Å². The molecular formula is C18H11ClN4O. The number of benzene rings is 1. The molecule has 0 fully saturated rings. The first-order chi connectivity index (χ1) is 11.7. The monoisotopic (exact) mass is 334 g/mol. The molecule has 24 heavy (non-hydrogen) atoms. The van der Waals surface area contributed by atoms with Crippen molar-refractivity contribution < 1.29 is 4.79 Å². The summed E-state index contributed by atoms with van der Waals surface area (Å²) in [6.45, 7) is 0. The predicted molar refractivity (Wildman–Crippen MR) is 92.1 cm³/mol. The Morgan fingerprint density at radius 3 is 2.62 bits per heavy atom. The summed E-state index contributed by atoms with van der Waals surface area (Å²) in [5.41, 5.74) is 4.25. The maximum atomic E-state index is 11.1. The lowest BCUT2D eigenvalue weighted by Crippen LogP contribution is -1.94. The minimum Gasteiger partial charge on any atom is -0.298 e. The smallest absolute Gasteiger partial charge is 0.164 e. The molecule has 0 N–H and O–H groups in total. The van der Waals surface area contributed by atoms with E-state index in [2.05, 4.69) is 10.1 Å². The molecule has 0 atom stereocenters. The zero-order valence-electron chi connectivity index (χ0n) is 12.4. The summed E-state index contributed by atoms with van der Waals surface area (Å²) in [6, 6.07) is 15.0. The lowest BCUT2D eigenvalue weighted by atomic mass is 10.1. The summed E-state index contributed by atoms with van der Waals surface area (Å²) in [4.78, 5) is 20.0. The fourth-order valence-electron chi connectivity index (χ4n) is 2.54. The molecule has 3 heterocycles. The van der Waals surface area contributed by atoms with Crippen LogP contribution in [-0.2, 0) is 0 Å². The number of halogens is 1. The van der Waals surface area contributed by atoms with Crippen molar-refractivity contribution in [3.05, 3.63) is 71.6 Å². The highest BCUT2D eigenvalue weighted by molar-refractivity contribution is 6.29. The summed E-state index contributed by atoms with van der Waals surface area (Å²) >= 11 is 6.01. The van der Waals surface area contributed by atoms with Crippen LogP contribution in [0.5, 0.6) is 0 Å². The summed E-state index contributed by atoms with van der Waals surface area (Å²) < 4.78 is 1.67. The first kappa shape index (κ1) is 14.5. The minimum absolute atomic E-state index is 0.258. The van der Waals surface area contributed by atoms with E-state index in [4.69, 9.17) is 16.6 Å². The Morgan fingerprint density at radius 1 is 1.00 bits per heavy atom. The van der Waals surface area contributed by atoms with Gasteiger partial charge in [0.1, 0.15) is 11.4 Å². The van der Waals surface area contributed by atoms with Crippen molar-refractivity contribution in [1.82, 2.24) is 19.6 Å². The van der Waals surface area contributed by atoms with Gasteiger partial charge in [0.05, 0.1) is 23.1 Å². The lowest BCUT2D eigenvalue weighted by Gasteiger charge is -2.04. The quantitative estimate of drug-likeness (QED) is 0.421. The highest BCUT2D eigenvalue weighted by Gasteiger charge is 2.12. The summed E-state index contributed by atoms with van der Waals surface area (Å²) in [7, 11) is 0. The first-order valence-electron chi connectivity index (χ1n) is 7.27. The van der Waals surface area contributed by atoms with Crippen molar-refractivity contribution in [1.29, 1.82) is 0 Å². The molecule has 0 saturated carbocycles. The van der Waals surface area contributed by atoms with E-state index in [1.807, 2.05) is 42.6 Å². The van der Waals surface area contributed by atoms with Gasteiger partial charge in [0.25, 0.3) is 0 Å². The van der Waals surface area contributed by atoms with Crippen LogP contribution in [0.1, 0.15) is 10.4 Å². The lowest BCUT2D eigenvalue weighted by molar-refractivity contribution is 0.112. The fourth-order valence-corrected chi connectivity index (χ4v) is 2.76. The Labute approximate surface area is 142 Å². The number of hydrogen-bond acceptors (Lipinski definition) is 4. The molecule has 0 aliphatic rings. The number of aromatic nitrogens is 4. The van der Waals surface area contributed by atoms with E-state index in [0.29, 0.717) is 16.9 Å². The van der Waals surface area contributed by atoms with Gasteiger partial charge in [-0.05, 0) is 18.2 Å². The number of fused-ring (bicyclic) bond motifs is 1. The maximum absolute atomic E-state index is 11.1. The molecule has 0 unspecified atom stereocenters. The molecule has 6 heteroatoms. The molecule has 5 nitrogen and oxygen atoms in total. The number of pyridine rings is 1. The van der Waals surface area contributed by atoms with Crippen molar-refractivity contribution in [2.45, 2.75) is 0 Å². The van der Waals surface area contributed by atoms with Crippen LogP contribution in [0.2, 0.25) is 5.15 Å². The van der Waals surface area contributed by atoms with E-state index in [1.165, 1.54) is 6.07 Å². The molecule has 0 aliphatic heterocycles.